The first-order chi connectivity index (χ1) is 23.1. The van der Waals surface area contributed by atoms with Crippen LogP contribution in [0.1, 0.15) is 77.0 Å². The molecule has 1 saturated carbocycles. The summed E-state index contributed by atoms with van der Waals surface area (Å²) < 4.78 is 2.69. The summed E-state index contributed by atoms with van der Waals surface area (Å²) in [6, 6.07) is 35.6. The fourth-order valence-electron chi connectivity index (χ4n) is 11.0. The van der Waals surface area contributed by atoms with Crippen LogP contribution >= 0.6 is 0 Å². The molecule has 0 N–H and O–H groups in total. The molecule has 2 nitrogen and oxygen atoms in total. The van der Waals surface area contributed by atoms with Crippen molar-refractivity contribution in [1.29, 1.82) is 0 Å². The van der Waals surface area contributed by atoms with Crippen molar-refractivity contribution < 1.29 is 0 Å². The number of rotatable bonds is 0. The summed E-state index contributed by atoms with van der Waals surface area (Å²) in [7, 11) is 0. The number of benzene rings is 6. The molecule has 2 unspecified atom stereocenters. The molecule has 234 valence electrons. The van der Waals surface area contributed by atoms with Crippen LogP contribution < -0.4 is 21.3 Å². The average molecular weight is 621 g/mol. The van der Waals surface area contributed by atoms with Crippen molar-refractivity contribution in [3.05, 3.63) is 108 Å². The molecule has 2 atom stereocenters. The van der Waals surface area contributed by atoms with Gasteiger partial charge in [-0.1, -0.05) is 119 Å². The van der Waals surface area contributed by atoms with Crippen LogP contribution in [0.15, 0.2) is 91.0 Å². The lowest BCUT2D eigenvalue weighted by Crippen LogP contribution is -2.64. The minimum absolute atomic E-state index is 0.0271. The van der Waals surface area contributed by atoms with Crippen LogP contribution in [0, 0.1) is 6.92 Å². The van der Waals surface area contributed by atoms with Gasteiger partial charge in [-0.2, -0.15) is 0 Å². The Morgan fingerprint density at radius 1 is 0.667 bits per heavy atom. The fraction of sp³-hybridized carbons (Fsp3) is 0.289. The highest BCUT2D eigenvalue weighted by Gasteiger charge is 2.61. The number of nitrogens with zero attached hydrogens (tertiary/aromatic N) is 2. The smallest absolute Gasteiger partial charge is 0.252 e. The Morgan fingerprint density at radius 2 is 1.33 bits per heavy atom. The summed E-state index contributed by atoms with van der Waals surface area (Å²) in [4.78, 5) is 2.87. The fourth-order valence-corrected chi connectivity index (χ4v) is 11.0. The van der Waals surface area contributed by atoms with Crippen molar-refractivity contribution in [3.63, 3.8) is 0 Å². The lowest BCUT2D eigenvalue weighted by molar-refractivity contribution is 0.195. The van der Waals surface area contributed by atoms with Crippen molar-refractivity contribution in [1.82, 2.24) is 4.57 Å². The van der Waals surface area contributed by atoms with Gasteiger partial charge in [0.15, 0.2) is 0 Å². The molecule has 4 aliphatic rings. The number of para-hydroxylation sites is 1. The largest absolute Gasteiger partial charge is 0.335 e. The van der Waals surface area contributed by atoms with Crippen LogP contribution in [0.3, 0.4) is 0 Å². The zero-order valence-corrected chi connectivity index (χ0v) is 29.0. The van der Waals surface area contributed by atoms with Crippen LogP contribution in [0.2, 0.25) is 0 Å². The molecule has 3 aliphatic heterocycles. The molecule has 0 saturated heterocycles. The van der Waals surface area contributed by atoms with E-state index < -0.39 is 0 Å². The lowest BCUT2D eigenvalue weighted by atomic mass is 9.33. The standard InChI is InChI=1S/C45H41BN2/c1-26-22-36-39-37(23-26)48-42-33(44(5)20-11-12-21-45(44,48)6)24-27(43(2,3)4)25-35(42)46(39)34-19-13-18-32-38-30-16-9-7-14-28(30)29-15-8-10-17-31(29)41(38)47(36)40(32)34/h7-10,13-19,22-25H,11-12,20-21H2,1-6H3. The molecule has 0 radical (unpaired) electrons. The van der Waals surface area contributed by atoms with E-state index in [1.54, 1.807) is 5.56 Å². The summed E-state index contributed by atoms with van der Waals surface area (Å²) in [6.45, 7) is 14.9. The number of fused-ring (bicyclic) bond motifs is 15. The Hall–Kier alpha value is -4.50. The number of hydrogen-bond donors (Lipinski definition) is 0. The molecule has 6 aromatic carbocycles. The summed E-state index contributed by atoms with van der Waals surface area (Å²) in [5.74, 6) is 0. The Kier molecular flexibility index (Phi) is 4.89. The molecule has 1 fully saturated rings. The molecule has 7 aromatic rings. The van der Waals surface area contributed by atoms with E-state index in [0.717, 1.165) is 0 Å². The van der Waals surface area contributed by atoms with Gasteiger partial charge in [0.05, 0.1) is 11.1 Å². The van der Waals surface area contributed by atoms with E-state index in [9.17, 15) is 0 Å². The molecule has 3 heteroatoms. The van der Waals surface area contributed by atoms with Gasteiger partial charge in [0.2, 0.25) is 0 Å². The van der Waals surface area contributed by atoms with E-state index in [0.29, 0.717) is 0 Å². The van der Waals surface area contributed by atoms with Crippen LogP contribution in [-0.4, -0.2) is 16.8 Å². The number of aromatic nitrogens is 1. The van der Waals surface area contributed by atoms with Gasteiger partial charge >= 0.3 is 0 Å². The number of aryl methyl sites for hydroxylation is 1. The normalized spacial score (nSPS) is 22.1. The highest BCUT2D eigenvalue weighted by atomic mass is 15.3. The topological polar surface area (TPSA) is 8.17 Å². The van der Waals surface area contributed by atoms with Gasteiger partial charge in [0.1, 0.15) is 0 Å². The number of anilines is 2. The second kappa shape index (κ2) is 8.56. The molecule has 1 aliphatic carbocycles. The van der Waals surface area contributed by atoms with Crippen molar-refractivity contribution >= 4 is 77.8 Å². The SMILES string of the molecule is Cc1cc2c3c(c1)-n1c4c(cccc4c4c5ccccc5c5ccccc5c41)B3c1cc(C(C)(C)C)cc3c1N2C1(C)CCCCC31C. The molecule has 0 spiro atoms. The third kappa shape index (κ3) is 2.97. The highest BCUT2D eigenvalue weighted by Crippen LogP contribution is 2.62. The third-order valence-corrected chi connectivity index (χ3v) is 13.5. The molecule has 0 bridgehead atoms. The second-order valence-corrected chi connectivity index (χ2v) is 16.9. The van der Waals surface area contributed by atoms with Crippen molar-refractivity contribution in [2.45, 2.75) is 83.6 Å². The second-order valence-electron chi connectivity index (χ2n) is 16.9. The Balaban J connectivity index is 1.38. The zero-order chi connectivity index (χ0) is 32.5. The number of hydrogen-bond acceptors (Lipinski definition) is 1. The Bertz CT molecular complexity index is 2620. The van der Waals surface area contributed by atoms with Crippen molar-refractivity contribution in [2.24, 2.45) is 0 Å². The molecule has 0 amide bonds. The first-order valence-corrected chi connectivity index (χ1v) is 18.1. The van der Waals surface area contributed by atoms with E-state index >= 15 is 0 Å². The maximum absolute atomic E-state index is 2.87. The zero-order valence-electron chi connectivity index (χ0n) is 29.0. The summed E-state index contributed by atoms with van der Waals surface area (Å²) in [6.07, 6.45) is 5.07. The van der Waals surface area contributed by atoms with Gasteiger partial charge in [-0.25, -0.2) is 0 Å². The van der Waals surface area contributed by atoms with Crippen molar-refractivity contribution in [3.8, 4) is 5.69 Å². The maximum atomic E-state index is 2.87. The Labute approximate surface area is 283 Å². The van der Waals surface area contributed by atoms with Gasteiger partial charge in [-0.3, -0.25) is 0 Å². The monoisotopic (exact) mass is 620 g/mol. The predicted molar refractivity (Wildman–Crippen MR) is 207 cm³/mol. The summed E-state index contributed by atoms with van der Waals surface area (Å²) >= 11 is 0. The van der Waals surface area contributed by atoms with Gasteiger partial charge < -0.3 is 9.47 Å². The van der Waals surface area contributed by atoms with Gasteiger partial charge in [-0.15, -0.1) is 0 Å². The van der Waals surface area contributed by atoms with E-state index in [1.807, 2.05) is 0 Å². The summed E-state index contributed by atoms with van der Waals surface area (Å²) in [5, 5.41) is 8.11. The molecule has 48 heavy (non-hydrogen) atoms. The lowest BCUT2D eigenvalue weighted by Gasteiger charge is -2.52. The van der Waals surface area contributed by atoms with Crippen LogP contribution in [0.25, 0.3) is 49.0 Å². The predicted octanol–water partition coefficient (Wildman–Crippen LogP) is 9.58. The van der Waals surface area contributed by atoms with E-state index in [4.69, 9.17) is 0 Å². The first kappa shape index (κ1) is 27.5. The first-order valence-electron chi connectivity index (χ1n) is 18.1. The van der Waals surface area contributed by atoms with Crippen molar-refractivity contribution in [2.75, 3.05) is 4.90 Å². The van der Waals surface area contributed by atoms with E-state index in [-0.39, 0.29) is 23.1 Å². The summed E-state index contributed by atoms with van der Waals surface area (Å²) in [5.41, 5.74) is 16.1. The minimum atomic E-state index is 0.0271. The molecule has 4 heterocycles. The Morgan fingerprint density at radius 3 is 2.10 bits per heavy atom. The third-order valence-electron chi connectivity index (χ3n) is 13.5. The minimum Gasteiger partial charge on any atom is -0.335 e. The molecule has 11 rings (SSSR count). The van der Waals surface area contributed by atoms with Crippen LogP contribution in [-0.2, 0) is 10.8 Å². The van der Waals surface area contributed by atoms with E-state index in [2.05, 4.69) is 142 Å². The van der Waals surface area contributed by atoms with Gasteiger partial charge in [0, 0.05) is 44.2 Å². The molecular formula is C45H41BN2. The van der Waals surface area contributed by atoms with Gasteiger partial charge in [0.25, 0.3) is 6.71 Å². The molecule has 1 aromatic heterocycles. The quantitative estimate of drug-likeness (QED) is 0.121. The van der Waals surface area contributed by atoms with Crippen LogP contribution in [0.5, 0.6) is 0 Å². The maximum Gasteiger partial charge on any atom is 0.252 e. The average Bonchev–Trinajstić information content (AvgIpc) is 3.53. The molecular weight excluding hydrogens is 579 g/mol. The van der Waals surface area contributed by atoms with Crippen LogP contribution in [0.4, 0.5) is 11.4 Å². The van der Waals surface area contributed by atoms with E-state index in [1.165, 1.54) is 114 Å². The van der Waals surface area contributed by atoms with Gasteiger partial charge in [-0.05, 0) is 93.5 Å². The highest BCUT2D eigenvalue weighted by molar-refractivity contribution is 7.00.